The van der Waals surface area contributed by atoms with E-state index in [0.29, 0.717) is 11.8 Å². The van der Waals surface area contributed by atoms with Gasteiger partial charge in [-0.15, -0.1) is 0 Å². The van der Waals surface area contributed by atoms with Gasteiger partial charge in [0, 0.05) is 12.2 Å². The lowest BCUT2D eigenvalue weighted by molar-refractivity contribution is -0.157. The highest BCUT2D eigenvalue weighted by Crippen LogP contribution is 2.52. The Bertz CT molecular complexity index is 360. The lowest BCUT2D eigenvalue weighted by Gasteiger charge is -2.33. The van der Waals surface area contributed by atoms with Gasteiger partial charge in [0.05, 0.1) is 7.11 Å². The summed E-state index contributed by atoms with van der Waals surface area (Å²) in [4.78, 5) is 22.4. The Labute approximate surface area is 101 Å². The Kier molecular flexibility index (Phi) is 3.22. The average Bonchev–Trinajstić information content (AvgIpc) is 2.85. The summed E-state index contributed by atoms with van der Waals surface area (Å²) in [6, 6.07) is 0. The minimum atomic E-state index is -0.542. The first-order chi connectivity index (χ1) is 8.03. The van der Waals surface area contributed by atoms with E-state index in [4.69, 9.17) is 4.74 Å². The summed E-state index contributed by atoms with van der Waals surface area (Å²) < 4.78 is 9.91. The summed E-state index contributed by atoms with van der Waals surface area (Å²) in [5, 5.41) is 0. The monoisotopic (exact) mass is 238 g/mol. The molecule has 0 N–H and O–H groups in total. The van der Waals surface area contributed by atoms with Crippen LogP contribution in [-0.2, 0) is 19.1 Å². The molecule has 0 aromatic rings. The Morgan fingerprint density at radius 1 is 1.24 bits per heavy atom. The van der Waals surface area contributed by atoms with Crippen LogP contribution in [0, 0.1) is 11.8 Å². The van der Waals surface area contributed by atoms with Gasteiger partial charge in [-0.2, -0.15) is 0 Å². The number of ether oxygens (including phenoxy) is 2. The minimum Gasteiger partial charge on any atom is -0.466 e. The number of rotatable bonds is 3. The molecule has 2 rings (SSSR count). The maximum absolute atomic E-state index is 11.6. The van der Waals surface area contributed by atoms with E-state index in [0.717, 1.165) is 25.0 Å². The highest BCUT2D eigenvalue weighted by Gasteiger charge is 2.50. The van der Waals surface area contributed by atoms with Crippen LogP contribution in [0.4, 0.5) is 0 Å². The molecular weight excluding hydrogens is 220 g/mol. The van der Waals surface area contributed by atoms with E-state index in [9.17, 15) is 9.59 Å². The Morgan fingerprint density at radius 3 is 2.47 bits per heavy atom. The molecule has 2 aliphatic rings. The summed E-state index contributed by atoms with van der Waals surface area (Å²) in [5.41, 5.74) is -0.333. The normalized spacial score (nSPS) is 35.2. The first kappa shape index (κ1) is 12.1. The van der Waals surface area contributed by atoms with Crippen LogP contribution < -0.4 is 0 Å². The molecule has 3 unspecified atom stereocenters. The molecule has 0 amide bonds. The molecule has 0 saturated heterocycles. The molecule has 2 bridgehead atoms. The SMILES string of the molecule is COC(=O)C=CC(=O)OC1(C)CC2CCC1C2. The van der Waals surface area contributed by atoms with Crippen LogP contribution in [0.3, 0.4) is 0 Å². The van der Waals surface area contributed by atoms with Crippen molar-refractivity contribution in [3.63, 3.8) is 0 Å². The van der Waals surface area contributed by atoms with Gasteiger partial charge in [0.25, 0.3) is 0 Å². The van der Waals surface area contributed by atoms with Gasteiger partial charge < -0.3 is 9.47 Å². The van der Waals surface area contributed by atoms with Crippen molar-refractivity contribution in [2.24, 2.45) is 11.8 Å². The van der Waals surface area contributed by atoms with Crippen LogP contribution in [-0.4, -0.2) is 24.6 Å². The van der Waals surface area contributed by atoms with Crippen molar-refractivity contribution < 1.29 is 19.1 Å². The van der Waals surface area contributed by atoms with Crippen LogP contribution in [0.15, 0.2) is 12.2 Å². The summed E-state index contributed by atoms with van der Waals surface area (Å²) >= 11 is 0. The van der Waals surface area contributed by atoms with Gasteiger partial charge in [-0.1, -0.05) is 0 Å². The maximum Gasteiger partial charge on any atom is 0.331 e. The molecular formula is C13H18O4. The third-order valence-electron chi connectivity index (χ3n) is 3.99. The zero-order valence-corrected chi connectivity index (χ0v) is 10.3. The molecule has 2 fully saturated rings. The zero-order chi connectivity index (χ0) is 12.5. The number of esters is 2. The van der Waals surface area contributed by atoms with Crippen LogP contribution in [0.1, 0.15) is 32.6 Å². The van der Waals surface area contributed by atoms with Crippen LogP contribution in [0.2, 0.25) is 0 Å². The summed E-state index contributed by atoms with van der Waals surface area (Å²) in [5.74, 6) is 0.204. The molecule has 0 radical (unpaired) electrons. The molecule has 17 heavy (non-hydrogen) atoms. The molecule has 0 spiro atoms. The number of carbonyl (C=O) groups is 2. The van der Waals surface area contributed by atoms with Crippen molar-refractivity contribution in [2.45, 2.75) is 38.2 Å². The number of carbonyl (C=O) groups excluding carboxylic acids is 2. The van der Waals surface area contributed by atoms with Crippen molar-refractivity contribution in [1.29, 1.82) is 0 Å². The summed E-state index contributed by atoms with van der Waals surface area (Å²) in [7, 11) is 1.27. The molecule has 4 heteroatoms. The van der Waals surface area contributed by atoms with Gasteiger partial charge in [0.15, 0.2) is 0 Å². The van der Waals surface area contributed by atoms with Crippen LogP contribution >= 0.6 is 0 Å². The fourth-order valence-electron chi connectivity index (χ4n) is 3.15. The van der Waals surface area contributed by atoms with Gasteiger partial charge in [-0.25, -0.2) is 9.59 Å². The number of fused-ring (bicyclic) bond motifs is 2. The van der Waals surface area contributed by atoms with Crippen molar-refractivity contribution in [3.05, 3.63) is 12.2 Å². The smallest absolute Gasteiger partial charge is 0.331 e. The lowest BCUT2D eigenvalue weighted by Crippen LogP contribution is -2.36. The molecule has 94 valence electrons. The highest BCUT2D eigenvalue weighted by atomic mass is 16.6. The van der Waals surface area contributed by atoms with Gasteiger partial charge in [0.1, 0.15) is 5.60 Å². The predicted molar refractivity (Wildman–Crippen MR) is 61.1 cm³/mol. The second-order valence-corrected chi connectivity index (χ2v) is 5.17. The standard InChI is InChI=1S/C13H18O4/c1-13(8-9-3-4-10(13)7-9)17-12(15)6-5-11(14)16-2/h5-6,9-10H,3-4,7-8H2,1-2H3. The average molecular weight is 238 g/mol. The topological polar surface area (TPSA) is 52.6 Å². The fraction of sp³-hybridized carbons (Fsp3) is 0.692. The lowest BCUT2D eigenvalue weighted by atomic mass is 9.86. The van der Waals surface area contributed by atoms with Gasteiger partial charge in [-0.05, 0) is 44.4 Å². The number of hydrogen-bond acceptors (Lipinski definition) is 4. The number of hydrogen-bond donors (Lipinski definition) is 0. The minimum absolute atomic E-state index is 0.333. The van der Waals surface area contributed by atoms with Crippen LogP contribution in [0.25, 0.3) is 0 Å². The van der Waals surface area contributed by atoms with Crippen molar-refractivity contribution in [1.82, 2.24) is 0 Å². The first-order valence-electron chi connectivity index (χ1n) is 6.02. The quantitative estimate of drug-likeness (QED) is 0.556. The molecule has 2 aliphatic carbocycles. The largest absolute Gasteiger partial charge is 0.466 e. The first-order valence-corrected chi connectivity index (χ1v) is 6.02. The Hall–Kier alpha value is -1.32. The van der Waals surface area contributed by atoms with E-state index in [1.807, 2.05) is 6.92 Å². The number of methoxy groups -OCH3 is 1. The second-order valence-electron chi connectivity index (χ2n) is 5.17. The fourth-order valence-corrected chi connectivity index (χ4v) is 3.15. The van der Waals surface area contributed by atoms with Crippen molar-refractivity contribution in [2.75, 3.05) is 7.11 Å². The van der Waals surface area contributed by atoms with Crippen LogP contribution in [0.5, 0.6) is 0 Å². The molecule has 3 atom stereocenters. The van der Waals surface area contributed by atoms with Crippen molar-refractivity contribution in [3.8, 4) is 0 Å². The van der Waals surface area contributed by atoms with E-state index in [1.165, 1.54) is 20.0 Å². The molecule has 0 aliphatic heterocycles. The Morgan fingerprint density at radius 2 is 1.94 bits per heavy atom. The second kappa shape index (κ2) is 4.51. The van der Waals surface area contributed by atoms with Crippen molar-refractivity contribution >= 4 is 11.9 Å². The zero-order valence-electron chi connectivity index (χ0n) is 10.3. The Balaban J connectivity index is 1.91. The molecule has 0 heterocycles. The van der Waals surface area contributed by atoms with Gasteiger partial charge >= 0.3 is 11.9 Å². The molecule has 0 aromatic heterocycles. The molecule has 4 nitrogen and oxygen atoms in total. The van der Waals surface area contributed by atoms with Gasteiger partial charge in [-0.3, -0.25) is 0 Å². The highest BCUT2D eigenvalue weighted by molar-refractivity contribution is 5.91. The predicted octanol–water partition coefficient (Wildman–Crippen LogP) is 1.84. The van der Waals surface area contributed by atoms with E-state index < -0.39 is 11.9 Å². The molecule has 0 aromatic carbocycles. The third kappa shape index (κ3) is 2.51. The summed E-state index contributed by atoms with van der Waals surface area (Å²) in [6.07, 6.45) is 6.77. The van der Waals surface area contributed by atoms with E-state index >= 15 is 0 Å². The summed E-state index contributed by atoms with van der Waals surface area (Å²) in [6.45, 7) is 2.00. The van der Waals surface area contributed by atoms with E-state index in [-0.39, 0.29) is 5.60 Å². The molecule has 2 saturated carbocycles. The third-order valence-corrected chi connectivity index (χ3v) is 3.99. The maximum atomic E-state index is 11.6. The van der Waals surface area contributed by atoms with Gasteiger partial charge in [0.2, 0.25) is 0 Å². The van der Waals surface area contributed by atoms with E-state index in [2.05, 4.69) is 4.74 Å². The van der Waals surface area contributed by atoms with E-state index in [1.54, 1.807) is 0 Å².